The van der Waals surface area contributed by atoms with Crippen LogP contribution >= 0.6 is 23.4 Å². The van der Waals surface area contributed by atoms with E-state index >= 15 is 0 Å². The Kier molecular flexibility index (Phi) is 4.09. The van der Waals surface area contributed by atoms with E-state index in [4.69, 9.17) is 11.6 Å². The van der Waals surface area contributed by atoms with Crippen molar-refractivity contribution in [2.45, 2.75) is 49.0 Å². The van der Waals surface area contributed by atoms with Gasteiger partial charge in [0.15, 0.2) is 0 Å². The second kappa shape index (κ2) is 5.96. The summed E-state index contributed by atoms with van der Waals surface area (Å²) in [4.78, 5) is 13.2. The maximum atomic E-state index is 13.2. The minimum absolute atomic E-state index is 0.0623. The van der Waals surface area contributed by atoms with Gasteiger partial charge in [0, 0.05) is 10.4 Å². The lowest BCUT2D eigenvalue weighted by molar-refractivity contribution is -0.124. The highest BCUT2D eigenvalue weighted by Gasteiger charge is 2.51. The molecule has 0 heterocycles. The van der Waals surface area contributed by atoms with Gasteiger partial charge in [-0.25, -0.2) is 4.39 Å². The van der Waals surface area contributed by atoms with Crippen molar-refractivity contribution >= 4 is 29.3 Å². The van der Waals surface area contributed by atoms with Crippen LogP contribution in [-0.4, -0.2) is 17.2 Å². The van der Waals surface area contributed by atoms with Gasteiger partial charge in [0.25, 0.3) is 0 Å². The first kappa shape index (κ1) is 15.8. The Morgan fingerprint density at radius 1 is 1.22 bits per heavy atom. The molecule has 0 aliphatic heterocycles. The van der Waals surface area contributed by atoms with Gasteiger partial charge >= 0.3 is 0 Å². The highest BCUT2D eigenvalue weighted by Crippen LogP contribution is 2.55. The average molecular weight is 354 g/mol. The lowest BCUT2D eigenvalue weighted by Crippen LogP contribution is -2.60. The quantitative estimate of drug-likeness (QED) is 0.798. The lowest BCUT2D eigenvalue weighted by Gasteiger charge is -2.56. The van der Waals surface area contributed by atoms with Gasteiger partial charge in [-0.15, -0.1) is 11.8 Å². The molecule has 1 amide bonds. The largest absolute Gasteiger partial charge is 0.350 e. The third kappa shape index (κ3) is 3.25. The summed E-state index contributed by atoms with van der Waals surface area (Å²) in [5.41, 5.74) is 0.0623. The number of halogens is 2. The number of rotatable bonds is 4. The van der Waals surface area contributed by atoms with Crippen LogP contribution in [0.15, 0.2) is 23.1 Å². The van der Waals surface area contributed by atoms with E-state index in [1.54, 1.807) is 12.1 Å². The van der Waals surface area contributed by atoms with Crippen LogP contribution in [0.5, 0.6) is 0 Å². The molecule has 4 aliphatic rings. The Morgan fingerprint density at radius 2 is 1.83 bits per heavy atom. The molecule has 1 aromatic carbocycles. The van der Waals surface area contributed by atoms with Crippen LogP contribution in [0.4, 0.5) is 4.39 Å². The third-order valence-electron chi connectivity index (χ3n) is 5.70. The van der Waals surface area contributed by atoms with Gasteiger partial charge in [-0.3, -0.25) is 4.79 Å². The summed E-state index contributed by atoms with van der Waals surface area (Å²) in [5, 5.41) is 3.46. The minimum Gasteiger partial charge on any atom is -0.350 e. The number of hydrogen-bond donors (Lipinski definition) is 1. The van der Waals surface area contributed by atoms with Crippen molar-refractivity contribution in [3.05, 3.63) is 29.0 Å². The van der Waals surface area contributed by atoms with E-state index in [1.165, 1.54) is 56.4 Å². The maximum Gasteiger partial charge on any atom is 0.230 e. The molecular weight excluding hydrogens is 333 g/mol. The number of nitrogens with one attached hydrogen (secondary N) is 1. The van der Waals surface area contributed by atoms with Crippen molar-refractivity contribution in [1.82, 2.24) is 5.32 Å². The Balaban J connectivity index is 1.36. The van der Waals surface area contributed by atoms with Gasteiger partial charge in [-0.2, -0.15) is 0 Å². The lowest BCUT2D eigenvalue weighted by atomic mass is 9.53. The molecule has 2 nitrogen and oxygen atoms in total. The smallest absolute Gasteiger partial charge is 0.230 e. The number of thioether (sulfide) groups is 1. The summed E-state index contributed by atoms with van der Waals surface area (Å²) in [6, 6.07) is 4.60. The van der Waals surface area contributed by atoms with Gasteiger partial charge < -0.3 is 5.32 Å². The number of carbonyl (C=O) groups is 1. The van der Waals surface area contributed by atoms with Gasteiger partial charge in [0.05, 0.1) is 10.8 Å². The summed E-state index contributed by atoms with van der Waals surface area (Å²) in [7, 11) is 0. The SMILES string of the molecule is O=C(CSc1ccc(F)c(Cl)c1)NC12CC3CC(CC(C3)C1)C2. The zero-order chi connectivity index (χ0) is 16.0. The van der Waals surface area contributed by atoms with E-state index in [-0.39, 0.29) is 16.5 Å². The third-order valence-corrected chi connectivity index (χ3v) is 6.99. The van der Waals surface area contributed by atoms with Crippen molar-refractivity contribution in [1.29, 1.82) is 0 Å². The van der Waals surface area contributed by atoms with Crippen LogP contribution in [-0.2, 0) is 4.79 Å². The van der Waals surface area contributed by atoms with E-state index < -0.39 is 5.82 Å². The van der Waals surface area contributed by atoms with Crippen LogP contribution in [0, 0.1) is 23.6 Å². The topological polar surface area (TPSA) is 29.1 Å². The van der Waals surface area contributed by atoms with E-state index in [0.717, 1.165) is 22.6 Å². The van der Waals surface area contributed by atoms with Crippen LogP contribution in [0.3, 0.4) is 0 Å². The molecule has 0 unspecified atom stereocenters. The zero-order valence-electron chi connectivity index (χ0n) is 13.0. The molecule has 1 aromatic rings. The highest BCUT2D eigenvalue weighted by atomic mass is 35.5. The van der Waals surface area contributed by atoms with Gasteiger partial charge in [-0.05, 0) is 74.5 Å². The average Bonchev–Trinajstić information content (AvgIpc) is 2.46. The molecule has 4 fully saturated rings. The number of carbonyl (C=O) groups excluding carboxylic acids is 1. The molecule has 4 bridgehead atoms. The van der Waals surface area contributed by atoms with Crippen molar-refractivity contribution < 1.29 is 9.18 Å². The van der Waals surface area contributed by atoms with Crippen LogP contribution in [0.2, 0.25) is 5.02 Å². The van der Waals surface area contributed by atoms with Crippen LogP contribution in [0.25, 0.3) is 0 Å². The first-order chi connectivity index (χ1) is 11.0. The predicted molar refractivity (Wildman–Crippen MR) is 91.2 cm³/mol. The van der Waals surface area contributed by atoms with E-state index in [1.807, 2.05) is 0 Å². The fourth-order valence-corrected chi connectivity index (χ4v) is 6.29. The fraction of sp³-hybridized carbons (Fsp3) is 0.611. The Morgan fingerprint density at radius 3 is 2.39 bits per heavy atom. The van der Waals surface area contributed by atoms with Gasteiger partial charge in [-0.1, -0.05) is 11.6 Å². The molecular formula is C18H21ClFNOS. The Bertz CT molecular complexity index is 600. The van der Waals surface area contributed by atoms with Crippen molar-refractivity contribution in [3.8, 4) is 0 Å². The molecule has 0 saturated heterocycles. The summed E-state index contributed by atoms with van der Waals surface area (Å²) in [6.45, 7) is 0. The van der Waals surface area contributed by atoms with E-state index in [2.05, 4.69) is 5.32 Å². The molecule has 23 heavy (non-hydrogen) atoms. The second-order valence-corrected chi connectivity index (χ2v) is 9.07. The van der Waals surface area contributed by atoms with Gasteiger partial charge in [0.2, 0.25) is 5.91 Å². The molecule has 5 heteroatoms. The van der Waals surface area contributed by atoms with Crippen LogP contribution in [0.1, 0.15) is 38.5 Å². The molecule has 5 rings (SSSR count). The van der Waals surface area contributed by atoms with Crippen molar-refractivity contribution in [3.63, 3.8) is 0 Å². The maximum absolute atomic E-state index is 13.2. The molecule has 124 valence electrons. The zero-order valence-corrected chi connectivity index (χ0v) is 14.6. The molecule has 4 saturated carbocycles. The fourth-order valence-electron chi connectivity index (χ4n) is 5.31. The normalized spacial score (nSPS) is 34.6. The highest BCUT2D eigenvalue weighted by molar-refractivity contribution is 8.00. The first-order valence-electron chi connectivity index (χ1n) is 8.40. The molecule has 1 N–H and O–H groups in total. The Hall–Kier alpha value is -0.740. The Labute approximate surface area is 145 Å². The molecule has 0 aromatic heterocycles. The summed E-state index contributed by atoms with van der Waals surface area (Å²) >= 11 is 7.20. The summed E-state index contributed by atoms with van der Waals surface area (Å²) in [6.07, 6.45) is 7.61. The second-order valence-electron chi connectivity index (χ2n) is 7.61. The van der Waals surface area contributed by atoms with Crippen LogP contribution < -0.4 is 5.32 Å². The number of benzene rings is 1. The molecule has 0 radical (unpaired) electrons. The summed E-state index contributed by atoms with van der Waals surface area (Å²) < 4.78 is 13.2. The molecule has 0 spiro atoms. The van der Waals surface area contributed by atoms with Crippen molar-refractivity contribution in [2.24, 2.45) is 17.8 Å². The monoisotopic (exact) mass is 353 g/mol. The molecule has 0 atom stereocenters. The summed E-state index contributed by atoms with van der Waals surface area (Å²) in [5.74, 6) is 2.51. The standard InChI is InChI=1S/C18H21ClFNOS/c19-15-6-14(1-2-16(15)20)23-10-17(22)21-18-7-11-3-12(8-18)5-13(4-11)9-18/h1-2,6,11-13H,3-5,7-10H2,(H,21,22). The van der Waals surface area contributed by atoms with Crippen molar-refractivity contribution in [2.75, 3.05) is 5.75 Å². The number of amides is 1. The predicted octanol–water partition coefficient (Wildman–Crippen LogP) is 4.66. The van der Waals surface area contributed by atoms with E-state index in [9.17, 15) is 9.18 Å². The molecule has 4 aliphatic carbocycles. The first-order valence-corrected chi connectivity index (χ1v) is 9.76. The van der Waals surface area contributed by atoms with Gasteiger partial charge in [0.1, 0.15) is 5.82 Å². The number of hydrogen-bond acceptors (Lipinski definition) is 2. The van der Waals surface area contributed by atoms with E-state index in [0.29, 0.717) is 5.75 Å². The minimum atomic E-state index is -0.422.